The molecule has 6 rings (SSSR count). The second kappa shape index (κ2) is 13.6. The van der Waals surface area contributed by atoms with E-state index in [9.17, 15) is 28.0 Å². The molecule has 1 saturated heterocycles. The van der Waals surface area contributed by atoms with Gasteiger partial charge in [-0.3, -0.25) is 25.0 Å². The molecule has 3 aromatic rings. The number of ether oxygens (including phenoxy) is 3. The fourth-order valence-electron chi connectivity index (χ4n) is 6.02. The number of hydrogen-bond acceptors (Lipinski definition) is 7. The highest BCUT2D eigenvalue weighted by molar-refractivity contribution is 6.06. The predicted molar refractivity (Wildman–Crippen MR) is 161 cm³/mol. The van der Waals surface area contributed by atoms with Gasteiger partial charge in [0.2, 0.25) is 11.8 Å². The van der Waals surface area contributed by atoms with Crippen molar-refractivity contribution in [2.45, 2.75) is 76.7 Å². The van der Waals surface area contributed by atoms with Gasteiger partial charge < -0.3 is 19.1 Å². The van der Waals surface area contributed by atoms with Gasteiger partial charge in [-0.1, -0.05) is 25.0 Å². The Labute approximate surface area is 264 Å². The number of amides is 4. The second-order valence-corrected chi connectivity index (χ2v) is 11.6. The first kappa shape index (κ1) is 31.0. The second-order valence-electron chi connectivity index (χ2n) is 11.6. The van der Waals surface area contributed by atoms with E-state index in [2.05, 4.69) is 10.6 Å². The maximum atomic E-state index is 13.8. The molecule has 4 amide bonds. The molecule has 1 aliphatic carbocycles. The number of halogens is 2. The number of hydrogen-bond donors (Lipinski definition) is 2. The molecule has 1 unspecified atom stereocenters. The minimum atomic E-state index is -1.03. The topological polar surface area (TPSA) is 123 Å². The zero-order valence-electron chi connectivity index (χ0n) is 25.0. The Bertz CT molecular complexity index is 1660. The van der Waals surface area contributed by atoms with Crippen LogP contribution in [0.2, 0.25) is 0 Å². The fraction of sp³-hybridized carbons (Fsp3) is 0.353. The molecular formula is C34H33F2N3O7. The lowest BCUT2D eigenvalue weighted by Crippen LogP contribution is -2.52. The zero-order chi connectivity index (χ0) is 32.2. The van der Waals surface area contributed by atoms with Crippen LogP contribution in [-0.4, -0.2) is 40.9 Å². The standard InChI is InChI=1S/C34H33F2N3O7/c35-26-14-13-25(17-27(26)36)45-24-11-9-22(10-12-24)37-34(43)44-19-21-8-7-20-18-39(28-15-16-29(40)38-32(28)41)33(42)30(20)31(21)46-23-5-3-1-2-4-6-23/h7-14,17,23,28H,1-6,15-16,18-19H2,(H,37,43)(H,38,40,41). The van der Waals surface area contributed by atoms with Crippen LogP contribution in [-0.2, 0) is 27.5 Å². The molecule has 0 aromatic heterocycles. The SMILES string of the molecule is O=C1CCC(N2Cc3ccc(COC(=O)Nc4ccc(Oc5ccc(F)c(F)c5)cc4)c(OC4CCCCCC4)c3C2=O)C(=O)N1. The van der Waals surface area contributed by atoms with Crippen LogP contribution in [0.5, 0.6) is 17.2 Å². The summed E-state index contributed by atoms with van der Waals surface area (Å²) in [6.45, 7) is 0.0308. The summed E-state index contributed by atoms with van der Waals surface area (Å²) in [6.07, 6.45) is 5.47. The Morgan fingerprint density at radius 1 is 0.891 bits per heavy atom. The van der Waals surface area contributed by atoms with E-state index < -0.39 is 29.7 Å². The lowest BCUT2D eigenvalue weighted by atomic mass is 10.0. The summed E-state index contributed by atoms with van der Waals surface area (Å²) in [5.41, 5.74) is 1.98. The fourth-order valence-corrected chi connectivity index (χ4v) is 6.02. The molecule has 2 N–H and O–H groups in total. The van der Waals surface area contributed by atoms with Gasteiger partial charge in [0.05, 0.1) is 11.7 Å². The number of imide groups is 1. The van der Waals surface area contributed by atoms with Crippen LogP contribution >= 0.6 is 0 Å². The quantitative estimate of drug-likeness (QED) is 0.218. The van der Waals surface area contributed by atoms with Crippen molar-refractivity contribution < 1.29 is 42.2 Å². The Kier molecular flexibility index (Phi) is 9.13. The van der Waals surface area contributed by atoms with Gasteiger partial charge in [0.15, 0.2) is 11.6 Å². The van der Waals surface area contributed by atoms with E-state index in [0.29, 0.717) is 33.9 Å². The van der Waals surface area contributed by atoms with E-state index in [1.165, 1.54) is 11.0 Å². The summed E-state index contributed by atoms with van der Waals surface area (Å²) in [4.78, 5) is 52.3. The van der Waals surface area contributed by atoms with Gasteiger partial charge in [-0.15, -0.1) is 0 Å². The summed E-state index contributed by atoms with van der Waals surface area (Å²) in [5, 5.41) is 4.96. The Hall–Kier alpha value is -5.00. The number of fused-ring (bicyclic) bond motifs is 1. The highest BCUT2D eigenvalue weighted by atomic mass is 19.2. The van der Waals surface area contributed by atoms with Crippen molar-refractivity contribution in [2.24, 2.45) is 0 Å². The number of benzene rings is 3. The van der Waals surface area contributed by atoms with Crippen molar-refractivity contribution in [1.29, 1.82) is 0 Å². The normalized spacial score (nSPS) is 18.4. The molecule has 12 heteroatoms. The van der Waals surface area contributed by atoms with Crippen molar-refractivity contribution in [2.75, 3.05) is 5.32 Å². The third-order valence-electron chi connectivity index (χ3n) is 8.40. The minimum absolute atomic E-state index is 0.105. The lowest BCUT2D eigenvalue weighted by molar-refractivity contribution is -0.136. The molecule has 3 aliphatic rings. The highest BCUT2D eigenvalue weighted by Crippen LogP contribution is 2.38. The van der Waals surface area contributed by atoms with Crippen LogP contribution in [0, 0.1) is 11.6 Å². The van der Waals surface area contributed by atoms with Gasteiger partial charge in [0.1, 0.15) is 29.9 Å². The lowest BCUT2D eigenvalue weighted by Gasteiger charge is -2.29. The van der Waals surface area contributed by atoms with Crippen LogP contribution in [0.4, 0.5) is 19.3 Å². The van der Waals surface area contributed by atoms with Gasteiger partial charge in [0.25, 0.3) is 5.91 Å². The molecule has 3 aromatic carbocycles. The highest BCUT2D eigenvalue weighted by Gasteiger charge is 2.41. The number of rotatable bonds is 8. The smallest absolute Gasteiger partial charge is 0.411 e. The number of piperidine rings is 1. The molecule has 0 radical (unpaired) electrons. The van der Waals surface area contributed by atoms with E-state index in [1.807, 2.05) is 0 Å². The molecule has 0 bridgehead atoms. The van der Waals surface area contributed by atoms with Crippen LogP contribution in [0.3, 0.4) is 0 Å². The van der Waals surface area contributed by atoms with Crippen molar-refractivity contribution >= 4 is 29.5 Å². The van der Waals surface area contributed by atoms with E-state index >= 15 is 0 Å². The number of carbonyl (C=O) groups is 4. The van der Waals surface area contributed by atoms with E-state index in [0.717, 1.165) is 50.7 Å². The minimum Gasteiger partial charge on any atom is -0.489 e. The first-order valence-electron chi connectivity index (χ1n) is 15.4. The summed E-state index contributed by atoms with van der Waals surface area (Å²) < 4.78 is 44.2. The van der Waals surface area contributed by atoms with Gasteiger partial charge in [-0.05, 0) is 74.1 Å². The summed E-state index contributed by atoms with van der Waals surface area (Å²) in [7, 11) is 0. The molecule has 10 nitrogen and oxygen atoms in total. The number of carbonyl (C=O) groups excluding carboxylic acids is 4. The van der Waals surface area contributed by atoms with Gasteiger partial charge >= 0.3 is 6.09 Å². The molecule has 2 heterocycles. The van der Waals surface area contributed by atoms with Crippen molar-refractivity contribution in [3.8, 4) is 17.2 Å². The largest absolute Gasteiger partial charge is 0.489 e. The molecule has 1 saturated carbocycles. The number of nitrogens with zero attached hydrogens (tertiary/aromatic N) is 1. The van der Waals surface area contributed by atoms with Crippen LogP contribution in [0.1, 0.15) is 72.9 Å². The maximum absolute atomic E-state index is 13.8. The van der Waals surface area contributed by atoms with Crippen molar-refractivity contribution in [3.63, 3.8) is 0 Å². The molecular weight excluding hydrogens is 600 g/mol. The molecule has 2 aliphatic heterocycles. The van der Waals surface area contributed by atoms with E-state index in [-0.39, 0.29) is 49.7 Å². The Morgan fingerprint density at radius 3 is 2.35 bits per heavy atom. The third kappa shape index (κ3) is 6.95. The number of anilines is 1. The average molecular weight is 634 g/mol. The van der Waals surface area contributed by atoms with Gasteiger partial charge in [-0.25, -0.2) is 13.6 Å². The van der Waals surface area contributed by atoms with Crippen LogP contribution in [0.25, 0.3) is 0 Å². The summed E-state index contributed by atoms with van der Waals surface area (Å²) in [6, 6.07) is 12.2. The molecule has 0 spiro atoms. The zero-order valence-corrected chi connectivity index (χ0v) is 25.0. The van der Waals surface area contributed by atoms with Crippen LogP contribution in [0.15, 0.2) is 54.6 Å². The van der Waals surface area contributed by atoms with Crippen LogP contribution < -0.4 is 20.1 Å². The van der Waals surface area contributed by atoms with E-state index in [1.54, 1.807) is 36.4 Å². The van der Waals surface area contributed by atoms with Gasteiger partial charge in [-0.2, -0.15) is 0 Å². The predicted octanol–water partition coefficient (Wildman–Crippen LogP) is 6.37. The first-order valence-corrected chi connectivity index (χ1v) is 15.4. The van der Waals surface area contributed by atoms with Gasteiger partial charge in [0, 0.05) is 30.3 Å². The first-order chi connectivity index (χ1) is 22.2. The third-order valence-corrected chi connectivity index (χ3v) is 8.40. The maximum Gasteiger partial charge on any atom is 0.411 e. The molecule has 240 valence electrons. The Balaban J connectivity index is 1.15. The van der Waals surface area contributed by atoms with Crippen molar-refractivity contribution in [3.05, 3.63) is 82.9 Å². The number of nitrogens with one attached hydrogen (secondary N) is 2. The molecule has 2 fully saturated rings. The summed E-state index contributed by atoms with van der Waals surface area (Å²) >= 11 is 0. The van der Waals surface area contributed by atoms with Crippen molar-refractivity contribution in [1.82, 2.24) is 10.2 Å². The molecule has 46 heavy (non-hydrogen) atoms. The molecule has 1 atom stereocenters. The Morgan fingerprint density at radius 2 is 1.63 bits per heavy atom. The van der Waals surface area contributed by atoms with E-state index in [4.69, 9.17) is 14.2 Å². The summed E-state index contributed by atoms with van der Waals surface area (Å²) in [5.74, 6) is -2.39. The average Bonchev–Trinajstić information content (AvgIpc) is 3.18. The monoisotopic (exact) mass is 633 g/mol.